The van der Waals surface area contributed by atoms with Gasteiger partial charge in [-0.05, 0) is 25.1 Å². The maximum atomic E-state index is 12.0. The molecule has 0 saturated heterocycles. The topological polar surface area (TPSA) is 55.4 Å². The van der Waals surface area contributed by atoms with Gasteiger partial charge in [0.15, 0.2) is 0 Å². The molecule has 0 bridgehead atoms. The minimum Gasteiger partial charge on any atom is -0.383 e. The van der Waals surface area contributed by atoms with E-state index in [1.165, 1.54) is 25.3 Å². The van der Waals surface area contributed by atoms with Gasteiger partial charge in [-0.3, -0.25) is 0 Å². The fourth-order valence-corrected chi connectivity index (χ4v) is 3.29. The number of rotatable bonds is 5. The largest absolute Gasteiger partial charge is 0.383 e. The first-order chi connectivity index (χ1) is 7.86. The van der Waals surface area contributed by atoms with Gasteiger partial charge in [-0.25, -0.2) is 13.1 Å². The third-order valence-electron chi connectivity index (χ3n) is 1.96. The maximum Gasteiger partial charge on any atom is 0.242 e. The van der Waals surface area contributed by atoms with Crippen molar-refractivity contribution < 1.29 is 13.2 Å². The Bertz CT molecular complexity index is 490. The third kappa shape index (κ3) is 4.12. The summed E-state index contributed by atoms with van der Waals surface area (Å²) in [5.41, 5.74) is 0. The number of nitrogens with one attached hydrogen (secondary N) is 1. The van der Waals surface area contributed by atoms with Gasteiger partial charge in [-0.2, -0.15) is 0 Å². The van der Waals surface area contributed by atoms with Crippen LogP contribution in [0.15, 0.2) is 23.1 Å². The molecule has 0 aliphatic rings. The van der Waals surface area contributed by atoms with Crippen molar-refractivity contribution in [2.75, 3.05) is 13.7 Å². The molecule has 0 fully saturated rings. The predicted octanol–water partition coefficient (Wildman–Crippen LogP) is 2.31. The summed E-state index contributed by atoms with van der Waals surface area (Å²) in [5, 5.41) is 0.445. The van der Waals surface area contributed by atoms with Crippen LogP contribution in [0.4, 0.5) is 0 Å². The Morgan fingerprint density at radius 1 is 1.41 bits per heavy atom. The summed E-state index contributed by atoms with van der Waals surface area (Å²) in [6.07, 6.45) is 0. The summed E-state index contributed by atoms with van der Waals surface area (Å²) >= 11 is 11.6. The van der Waals surface area contributed by atoms with Crippen LogP contribution in [0.1, 0.15) is 6.92 Å². The van der Waals surface area contributed by atoms with E-state index in [1.807, 2.05) is 0 Å². The summed E-state index contributed by atoms with van der Waals surface area (Å²) in [5.74, 6) is 0. The Morgan fingerprint density at radius 3 is 2.65 bits per heavy atom. The van der Waals surface area contributed by atoms with Crippen LogP contribution in [0.25, 0.3) is 0 Å². The van der Waals surface area contributed by atoms with E-state index in [-0.39, 0.29) is 22.6 Å². The lowest BCUT2D eigenvalue weighted by Crippen LogP contribution is -2.35. The molecule has 4 nitrogen and oxygen atoms in total. The average Bonchev–Trinajstić information content (AvgIpc) is 2.21. The van der Waals surface area contributed by atoms with Crippen LogP contribution in [0.3, 0.4) is 0 Å². The van der Waals surface area contributed by atoms with Crippen molar-refractivity contribution in [3.63, 3.8) is 0 Å². The van der Waals surface area contributed by atoms with E-state index in [1.54, 1.807) is 6.92 Å². The number of methoxy groups -OCH3 is 1. The first-order valence-corrected chi connectivity index (χ1v) is 7.07. The second-order valence-corrected chi connectivity index (χ2v) is 6.08. The van der Waals surface area contributed by atoms with Crippen molar-refractivity contribution in [2.45, 2.75) is 17.9 Å². The van der Waals surface area contributed by atoms with E-state index in [9.17, 15) is 8.42 Å². The van der Waals surface area contributed by atoms with Gasteiger partial charge >= 0.3 is 0 Å². The summed E-state index contributed by atoms with van der Waals surface area (Å²) in [6, 6.07) is 3.94. The van der Waals surface area contributed by atoms with E-state index < -0.39 is 10.0 Å². The van der Waals surface area contributed by atoms with Crippen molar-refractivity contribution in [3.05, 3.63) is 28.2 Å². The lowest BCUT2D eigenvalue weighted by Gasteiger charge is -2.14. The fraction of sp³-hybridized carbons (Fsp3) is 0.400. The van der Waals surface area contributed by atoms with Crippen molar-refractivity contribution in [2.24, 2.45) is 0 Å². The summed E-state index contributed by atoms with van der Waals surface area (Å²) in [7, 11) is -2.18. The van der Waals surface area contributed by atoms with E-state index in [2.05, 4.69) is 4.72 Å². The van der Waals surface area contributed by atoms with E-state index in [0.717, 1.165) is 0 Å². The van der Waals surface area contributed by atoms with Crippen molar-refractivity contribution in [1.29, 1.82) is 0 Å². The lowest BCUT2D eigenvalue weighted by atomic mass is 10.4. The lowest BCUT2D eigenvalue weighted by molar-refractivity contribution is 0.180. The van der Waals surface area contributed by atoms with Gasteiger partial charge in [0.05, 0.1) is 11.6 Å². The van der Waals surface area contributed by atoms with Crippen molar-refractivity contribution >= 4 is 33.2 Å². The molecule has 7 heteroatoms. The molecule has 0 aliphatic carbocycles. The SMILES string of the molecule is COC[C@H](C)NS(=O)(=O)c1cc(Cl)ccc1Cl. The van der Waals surface area contributed by atoms with Crippen molar-refractivity contribution in [3.8, 4) is 0 Å². The van der Waals surface area contributed by atoms with Gasteiger partial charge < -0.3 is 4.74 Å². The van der Waals surface area contributed by atoms with Crippen LogP contribution in [0.5, 0.6) is 0 Å². The molecule has 1 N–H and O–H groups in total. The molecule has 1 aromatic rings. The van der Waals surface area contributed by atoms with Gasteiger partial charge in [0, 0.05) is 18.2 Å². The van der Waals surface area contributed by atoms with Crippen LogP contribution in [0.2, 0.25) is 10.0 Å². The van der Waals surface area contributed by atoms with Crippen LogP contribution in [-0.2, 0) is 14.8 Å². The second kappa shape index (κ2) is 6.02. The van der Waals surface area contributed by atoms with Gasteiger partial charge in [0.2, 0.25) is 10.0 Å². The molecular weight excluding hydrogens is 285 g/mol. The minimum absolute atomic E-state index is 0.0328. The summed E-state index contributed by atoms with van der Waals surface area (Å²) in [4.78, 5) is -0.0328. The first kappa shape index (κ1) is 14.7. The Hall–Kier alpha value is -0.330. The smallest absolute Gasteiger partial charge is 0.242 e. The highest BCUT2D eigenvalue weighted by Crippen LogP contribution is 2.24. The highest BCUT2D eigenvalue weighted by Gasteiger charge is 2.20. The zero-order valence-corrected chi connectivity index (χ0v) is 11.7. The zero-order valence-electron chi connectivity index (χ0n) is 9.41. The molecule has 96 valence electrons. The normalized spacial score (nSPS) is 13.6. The quantitative estimate of drug-likeness (QED) is 0.907. The number of hydrogen-bond donors (Lipinski definition) is 1. The van der Waals surface area contributed by atoms with Gasteiger partial charge in [-0.15, -0.1) is 0 Å². The number of benzene rings is 1. The average molecular weight is 298 g/mol. The molecule has 0 heterocycles. The Balaban J connectivity index is 3.01. The molecule has 1 rings (SSSR count). The van der Waals surface area contributed by atoms with Crippen LogP contribution in [0, 0.1) is 0 Å². The Kier molecular flexibility index (Phi) is 5.22. The van der Waals surface area contributed by atoms with Crippen molar-refractivity contribution in [1.82, 2.24) is 4.72 Å². The highest BCUT2D eigenvalue weighted by molar-refractivity contribution is 7.89. The molecule has 0 radical (unpaired) electrons. The maximum absolute atomic E-state index is 12.0. The van der Waals surface area contributed by atoms with E-state index in [0.29, 0.717) is 5.02 Å². The first-order valence-electron chi connectivity index (χ1n) is 4.83. The molecule has 0 aliphatic heterocycles. The van der Waals surface area contributed by atoms with E-state index in [4.69, 9.17) is 27.9 Å². The van der Waals surface area contributed by atoms with Crippen LogP contribution < -0.4 is 4.72 Å². The number of halogens is 2. The summed E-state index contributed by atoms with van der Waals surface area (Å²) in [6.45, 7) is 1.97. The number of sulfonamides is 1. The van der Waals surface area contributed by atoms with Gasteiger partial charge in [0.1, 0.15) is 4.90 Å². The van der Waals surface area contributed by atoms with E-state index >= 15 is 0 Å². The minimum atomic E-state index is -3.68. The molecule has 0 unspecified atom stereocenters. The highest BCUT2D eigenvalue weighted by atomic mass is 35.5. The molecule has 1 atom stereocenters. The fourth-order valence-electron chi connectivity index (χ4n) is 1.30. The molecule has 0 amide bonds. The molecule has 17 heavy (non-hydrogen) atoms. The second-order valence-electron chi connectivity index (χ2n) is 3.55. The van der Waals surface area contributed by atoms with Gasteiger partial charge in [-0.1, -0.05) is 23.2 Å². The molecular formula is C10H13Cl2NO3S. The van der Waals surface area contributed by atoms with Crippen LogP contribution in [-0.4, -0.2) is 28.2 Å². The Morgan fingerprint density at radius 2 is 2.06 bits per heavy atom. The standard InChI is InChI=1S/C10H13Cl2NO3S/c1-7(6-16-2)13-17(14,15)10-5-8(11)3-4-9(10)12/h3-5,7,13H,6H2,1-2H3/t7-/m0/s1. The number of hydrogen-bond acceptors (Lipinski definition) is 3. The molecule has 0 saturated carbocycles. The predicted molar refractivity (Wildman–Crippen MR) is 68.1 cm³/mol. The molecule has 0 spiro atoms. The number of ether oxygens (including phenoxy) is 1. The molecule has 0 aromatic heterocycles. The zero-order chi connectivity index (χ0) is 13.1. The monoisotopic (exact) mass is 297 g/mol. The Labute approximate surface area is 111 Å². The van der Waals surface area contributed by atoms with Crippen LogP contribution >= 0.6 is 23.2 Å². The van der Waals surface area contributed by atoms with Gasteiger partial charge in [0.25, 0.3) is 0 Å². The molecule has 1 aromatic carbocycles. The summed E-state index contributed by atoms with van der Waals surface area (Å²) < 4.78 is 31.3. The third-order valence-corrected chi connectivity index (χ3v) is 4.26.